The fraction of sp³-hybridized carbons (Fsp3) is 0.500. The van der Waals surface area contributed by atoms with E-state index in [-0.39, 0.29) is 11.9 Å². The number of rotatable bonds is 4. The van der Waals surface area contributed by atoms with Crippen molar-refractivity contribution in [2.45, 2.75) is 31.9 Å². The lowest BCUT2D eigenvalue weighted by molar-refractivity contribution is -0.118. The van der Waals surface area contributed by atoms with Crippen LogP contribution in [0.1, 0.15) is 24.8 Å². The molecule has 1 atom stereocenters. The van der Waals surface area contributed by atoms with Gasteiger partial charge < -0.3 is 15.4 Å². The molecular formula is C14H19BrN2O2. The standard InChI is InChI=1S/C14H19BrN2O2/c1-19-9-10-11(15)5-4-7-12(10)17-14(18)13-6-2-3-8-16-13/h4-5,7,13,16H,2-3,6,8-9H2,1H3,(H,17,18). The summed E-state index contributed by atoms with van der Waals surface area (Å²) in [7, 11) is 1.65. The van der Waals surface area contributed by atoms with Crippen molar-refractivity contribution in [3.05, 3.63) is 28.2 Å². The average molecular weight is 327 g/mol. The van der Waals surface area contributed by atoms with Gasteiger partial charge in [0.1, 0.15) is 0 Å². The van der Waals surface area contributed by atoms with Gasteiger partial charge in [-0.1, -0.05) is 28.4 Å². The molecule has 1 heterocycles. The van der Waals surface area contributed by atoms with Crippen molar-refractivity contribution >= 4 is 27.5 Å². The maximum absolute atomic E-state index is 12.2. The van der Waals surface area contributed by atoms with Crippen LogP contribution < -0.4 is 10.6 Å². The number of benzene rings is 1. The maximum atomic E-state index is 12.2. The molecule has 1 saturated heterocycles. The van der Waals surface area contributed by atoms with Crippen LogP contribution in [0.3, 0.4) is 0 Å². The van der Waals surface area contributed by atoms with E-state index in [0.717, 1.165) is 41.5 Å². The molecule has 1 amide bonds. The van der Waals surface area contributed by atoms with Crippen molar-refractivity contribution in [3.63, 3.8) is 0 Å². The Bertz CT molecular complexity index is 445. The molecule has 0 aromatic heterocycles. The number of carbonyl (C=O) groups excluding carboxylic acids is 1. The Labute approximate surface area is 122 Å². The number of amides is 1. The lowest BCUT2D eigenvalue weighted by Gasteiger charge is -2.23. The number of nitrogens with one attached hydrogen (secondary N) is 2. The van der Waals surface area contributed by atoms with Crippen molar-refractivity contribution in [2.24, 2.45) is 0 Å². The third-order valence-corrected chi connectivity index (χ3v) is 4.04. The molecule has 1 aromatic carbocycles. The molecule has 0 radical (unpaired) electrons. The van der Waals surface area contributed by atoms with Crippen LogP contribution in [0.5, 0.6) is 0 Å². The van der Waals surface area contributed by atoms with E-state index >= 15 is 0 Å². The van der Waals surface area contributed by atoms with Gasteiger partial charge in [-0.15, -0.1) is 0 Å². The number of anilines is 1. The number of ether oxygens (including phenoxy) is 1. The van der Waals surface area contributed by atoms with E-state index in [1.807, 2.05) is 18.2 Å². The molecule has 0 spiro atoms. The van der Waals surface area contributed by atoms with Gasteiger partial charge in [0, 0.05) is 22.8 Å². The number of hydrogen-bond acceptors (Lipinski definition) is 3. The molecule has 1 aromatic rings. The van der Waals surface area contributed by atoms with E-state index in [1.165, 1.54) is 0 Å². The van der Waals surface area contributed by atoms with Crippen molar-refractivity contribution in [1.82, 2.24) is 5.32 Å². The fourth-order valence-corrected chi connectivity index (χ4v) is 2.74. The van der Waals surface area contributed by atoms with Crippen LogP contribution in [-0.4, -0.2) is 25.6 Å². The van der Waals surface area contributed by atoms with Crippen LogP contribution >= 0.6 is 15.9 Å². The lowest BCUT2D eigenvalue weighted by atomic mass is 10.0. The Morgan fingerprint density at radius 3 is 3.05 bits per heavy atom. The minimum Gasteiger partial charge on any atom is -0.380 e. The van der Waals surface area contributed by atoms with Gasteiger partial charge >= 0.3 is 0 Å². The highest BCUT2D eigenvalue weighted by Crippen LogP contribution is 2.26. The molecule has 1 aliphatic rings. The molecule has 1 unspecified atom stereocenters. The Morgan fingerprint density at radius 2 is 2.37 bits per heavy atom. The van der Waals surface area contributed by atoms with Gasteiger partial charge in [0.05, 0.1) is 12.6 Å². The summed E-state index contributed by atoms with van der Waals surface area (Å²) in [5, 5.41) is 6.24. The highest BCUT2D eigenvalue weighted by Gasteiger charge is 2.21. The van der Waals surface area contributed by atoms with Crippen molar-refractivity contribution in [1.29, 1.82) is 0 Å². The maximum Gasteiger partial charge on any atom is 0.241 e. The van der Waals surface area contributed by atoms with Crippen molar-refractivity contribution in [3.8, 4) is 0 Å². The van der Waals surface area contributed by atoms with E-state index < -0.39 is 0 Å². The summed E-state index contributed by atoms with van der Waals surface area (Å²) in [5.41, 5.74) is 1.78. The molecule has 0 saturated carbocycles. The predicted octanol–water partition coefficient (Wildman–Crippen LogP) is 2.68. The van der Waals surface area contributed by atoms with Gasteiger partial charge in [0.25, 0.3) is 0 Å². The van der Waals surface area contributed by atoms with E-state index in [0.29, 0.717) is 6.61 Å². The van der Waals surface area contributed by atoms with Gasteiger partial charge in [0.2, 0.25) is 5.91 Å². The zero-order valence-electron chi connectivity index (χ0n) is 11.0. The van der Waals surface area contributed by atoms with Crippen LogP contribution in [-0.2, 0) is 16.1 Å². The Balaban J connectivity index is 2.09. The predicted molar refractivity (Wildman–Crippen MR) is 79.1 cm³/mol. The first-order chi connectivity index (χ1) is 9.22. The van der Waals surface area contributed by atoms with E-state index in [1.54, 1.807) is 7.11 Å². The second-order valence-electron chi connectivity index (χ2n) is 4.69. The number of piperidine rings is 1. The number of halogens is 1. The highest BCUT2D eigenvalue weighted by molar-refractivity contribution is 9.10. The van der Waals surface area contributed by atoms with Crippen LogP contribution in [0.25, 0.3) is 0 Å². The summed E-state index contributed by atoms with van der Waals surface area (Å²) < 4.78 is 6.13. The topological polar surface area (TPSA) is 50.4 Å². The number of methoxy groups -OCH3 is 1. The quantitative estimate of drug-likeness (QED) is 0.894. The summed E-state index contributed by atoms with van der Waals surface area (Å²) in [6.45, 7) is 1.39. The molecular weight excluding hydrogens is 308 g/mol. The van der Waals surface area contributed by atoms with Crippen LogP contribution in [0, 0.1) is 0 Å². The SMILES string of the molecule is COCc1c(Br)cccc1NC(=O)C1CCCCN1. The molecule has 2 rings (SSSR count). The zero-order chi connectivity index (χ0) is 13.7. The monoisotopic (exact) mass is 326 g/mol. The van der Waals surface area contributed by atoms with Gasteiger partial charge in [-0.3, -0.25) is 4.79 Å². The minimum atomic E-state index is -0.0804. The van der Waals surface area contributed by atoms with Gasteiger partial charge in [-0.05, 0) is 31.5 Å². The third-order valence-electron chi connectivity index (χ3n) is 3.29. The summed E-state index contributed by atoms with van der Waals surface area (Å²) >= 11 is 3.49. The number of carbonyl (C=O) groups is 1. The van der Waals surface area contributed by atoms with Crippen LogP contribution in [0.15, 0.2) is 22.7 Å². The molecule has 4 nitrogen and oxygen atoms in total. The zero-order valence-corrected chi connectivity index (χ0v) is 12.6. The Kier molecular flexibility index (Phi) is 5.36. The van der Waals surface area contributed by atoms with Gasteiger partial charge in [-0.25, -0.2) is 0 Å². The normalized spacial score (nSPS) is 19.2. The van der Waals surface area contributed by atoms with Crippen molar-refractivity contribution in [2.75, 3.05) is 19.0 Å². The molecule has 0 bridgehead atoms. The third kappa shape index (κ3) is 3.78. The van der Waals surface area contributed by atoms with E-state index in [4.69, 9.17) is 4.74 Å². The molecule has 1 aliphatic heterocycles. The molecule has 2 N–H and O–H groups in total. The second-order valence-corrected chi connectivity index (χ2v) is 5.55. The van der Waals surface area contributed by atoms with Crippen LogP contribution in [0.2, 0.25) is 0 Å². The minimum absolute atomic E-state index is 0.0372. The average Bonchev–Trinajstić information content (AvgIpc) is 2.43. The van der Waals surface area contributed by atoms with E-state index in [2.05, 4.69) is 26.6 Å². The van der Waals surface area contributed by atoms with E-state index in [9.17, 15) is 4.79 Å². The largest absolute Gasteiger partial charge is 0.380 e. The van der Waals surface area contributed by atoms with Gasteiger partial charge in [0.15, 0.2) is 0 Å². The molecule has 1 fully saturated rings. The summed E-state index contributed by atoms with van der Waals surface area (Å²) in [6, 6.07) is 5.68. The van der Waals surface area contributed by atoms with Crippen molar-refractivity contribution < 1.29 is 9.53 Å². The molecule has 19 heavy (non-hydrogen) atoms. The van der Waals surface area contributed by atoms with Crippen LogP contribution in [0.4, 0.5) is 5.69 Å². The Morgan fingerprint density at radius 1 is 1.53 bits per heavy atom. The first kappa shape index (κ1) is 14.5. The number of hydrogen-bond donors (Lipinski definition) is 2. The molecule has 5 heteroatoms. The fourth-order valence-electron chi connectivity index (χ4n) is 2.26. The second kappa shape index (κ2) is 7.03. The Hall–Kier alpha value is -0.910. The lowest BCUT2D eigenvalue weighted by Crippen LogP contribution is -2.43. The first-order valence-electron chi connectivity index (χ1n) is 6.53. The van der Waals surface area contributed by atoms with Gasteiger partial charge in [-0.2, -0.15) is 0 Å². The first-order valence-corrected chi connectivity index (χ1v) is 7.32. The molecule has 104 valence electrons. The smallest absolute Gasteiger partial charge is 0.241 e. The summed E-state index contributed by atoms with van der Waals surface area (Å²) in [5.74, 6) is 0.0372. The highest BCUT2D eigenvalue weighted by atomic mass is 79.9. The molecule has 0 aliphatic carbocycles. The summed E-state index contributed by atoms with van der Waals surface area (Å²) in [4.78, 5) is 12.2. The summed E-state index contributed by atoms with van der Waals surface area (Å²) in [6.07, 6.45) is 3.16.